The fraction of sp³-hybridized carbons (Fsp3) is 0. The van der Waals surface area contributed by atoms with Crippen LogP contribution in [0.5, 0.6) is 0 Å². The maximum absolute atomic E-state index is 9.78. The summed E-state index contributed by atoms with van der Waals surface area (Å²) in [5.41, 5.74) is -6.38. The van der Waals surface area contributed by atoms with Crippen molar-refractivity contribution in [3.05, 3.63) is 157 Å². The van der Waals surface area contributed by atoms with Crippen molar-refractivity contribution in [3.8, 4) is 22.5 Å². The van der Waals surface area contributed by atoms with Crippen molar-refractivity contribution in [2.75, 3.05) is 0 Å². The largest absolute Gasteiger partial charge is 0.456 e. The lowest BCUT2D eigenvalue weighted by atomic mass is 10.0. The molecule has 3 heteroatoms. The molecule has 10 rings (SSSR count). The number of furan rings is 1. The van der Waals surface area contributed by atoms with Gasteiger partial charge in [-0.15, -0.1) is 0 Å². The topological polar surface area (TPSA) is 23.0 Å². The highest BCUT2D eigenvalue weighted by Gasteiger charge is 2.17. The van der Waals surface area contributed by atoms with Crippen molar-refractivity contribution in [3.63, 3.8) is 0 Å². The highest BCUT2D eigenvalue weighted by atomic mass is 16.3. The minimum absolute atomic E-state index is 0.337. The number of rotatable bonds is 3. The molecule has 0 saturated heterocycles. The van der Waals surface area contributed by atoms with E-state index in [0.29, 0.717) is 0 Å². The molecule has 3 aromatic heterocycles. The van der Waals surface area contributed by atoms with Crippen LogP contribution in [0, 0.1) is 0 Å². The molecule has 0 saturated carbocycles. The van der Waals surface area contributed by atoms with Crippen molar-refractivity contribution in [1.29, 1.82) is 0 Å². The molecule has 0 N–H and O–H groups in total. The molecule has 3 heterocycles. The zero-order chi connectivity index (χ0) is 52.1. The molecule has 7 aromatic carbocycles. The Labute approximate surface area is 295 Å². The van der Waals surface area contributed by atoms with Crippen LogP contribution in [0.3, 0.4) is 0 Å². The molecule has 0 aliphatic carbocycles. The summed E-state index contributed by atoms with van der Waals surface area (Å²) in [6, 6.07) is -22.1. The van der Waals surface area contributed by atoms with E-state index in [0.717, 1.165) is 9.13 Å². The molecular formula is C42H26N2O. The molecule has 0 bridgehead atoms. The van der Waals surface area contributed by atoms with Crippen LogP contribution < -0.4 is 0 Å². The van der Waals surface area contributed by atoms with Gasteiger partial charge in [-0.3, -0.25) is 0 Å². The Morgan fingerprint density at radius 2 is 0.867 bits per heavy atom. The average Bonchev–Trinajstić information content (AvgIpc) is 4.03. The number of fused-ring (bicyclic) bond motifs is 9. The molecule has 0 unspecified atom stereocenters. The molecule has 45 heavy (non-hydrogen) atoms. The van der Waals surface area contributed by atoms with Crippen LogP contribution in [0.25, 0.3) is 88.1 Å². The molecule has 0 spiro atoms. The highest BCUT2D eigenvalue weighted by molar-refractivity contribution is 6.13. The van der Waals surface area contributed by atoms with E-state index in [1.54, 1.807) is 0 Å². The van der Waals surface area contributed by atoms with Gasteiger partial charge in [-0.2, -0.15) is 0 Å². The van der Waals surface area contributed by atoms with Gasteiger partial charge >= 0.3 is 0 Å². The van der Waals surface area contributed by atoms with E-state index in [9.17, 15) is 11.0 Å². The minimum Gasteiger partial charge on any atom is -0.456 e. The van der Waals surface area contributed by atoms with E-state index in [2.05, 4.69) is 0 Å². The monoisotopic (exact) mass is 600 g/mol. The van der Waals surface area contributed by atoms with Crippen LogP contribution >= 0.6 is 0 Å². The van der Waals surface area contributed by atoms with Crippen LogP contribution in [-0.2, 0) is 0 Å². The third kappa shape index (κ3) is 3.52. The first-order valence-corrected chi connectivity index (χ1v) is 13.2. The summed E-state index contributed by atoms with van der Waals surface area (Å²) >= 11 is 0. The minimum atomic E-state index is -1.00. The number of hydrogen-bond donors (Lipinski definition) is 0. The van der Waals surface area contributed by atoms with Crippen LogP contribution in [0.15, 0.2) is 162 Å². The summed E-state index contributed by atoms with van der Waals surface area (Å²) in [5.74, 6) is 0. The molecule has 0 aliphatic heterocycles. The number of benzene rings is 7. The number of aromatic nitrogens is 2. The Bertz CT molecular complexity index is 4210. The Kier molecular flexibility index (Phi) is 2.10. The number of nitrogens with zero attached hydrogens (tertiary/aromatic N) is 2. The first-order valence-electron chi connectivity index (χ1n) is 26.2. The van der Waals surface area contributed by atoms with Gasteiger partial charge in [0.1, 0.15) is 11.2 Å². The standard InChI is InChI=1S/C42H26N2O/c1-2-10-29(11-3-1)43-37-15-7-4-12-31(37)35-24-27(18-22-39(35)43)28-19-23-40-36(25-28)32-13-5-8-16-38(32)44(40)30-20-21-34-33-14-6-9-17-41(33)45-42(34)26-30/h1-26H/i1D,2D,3D,4D,5D,6D,7D,8D,9D,10D,11D,12D,13D,14D,15D,16D,17D,18D,19D,20D,21D,22D,23D,24D,25D,26D. The zero-order valence-electron chi connectivity index (χ0n) is 48.3. The number of para-hydroxylation sites is 4. The Morgan fingerprint density at radius 1 is 0.356 bits per heavy atom. The first-order chi connectivity index (χ1) is 33.2. The second kappa shape index (κ2) is 9.22. The lowest BCUT2D eigenvalue weighted by Crippen LogP contribution is -1.93. The van der Waals surface area contributed by atoms with Gasteiger partial charge in [0, 0.05) is 49.7 Å². The summed E-state index contributed by atoms with van der Waals surface area (Å²) in [5, 5.41) is -2.93. The summed E-state index contributed by atoms with van der Waals surface area (Å²) in [7, 11) is 0. The normalized spacial score (nSPS) is 20.1. The van der Waals surface area contributed by atoms with Crippen molar-refractivity contribution >= 4 is 65.6 Å². The first kappa shape index (κ1) is 10.3. The molecule has 0 atom stereocenters. The van der Waals surface area contributed by atoms with Crippen molar-refractivity contribution in [2.24, 2.45) is 0 Å². The van der Waals surface area contributed by atoms with E-state index in [1.807, 2.05) is 0 Å². The van der Waals surface area contributed by atoms with Crippen LogP contribution in [0.2, 0.25) is 0 Å². The average molecular weight is 601 g/mol. The van der Waals surface area contributed by atoms with E-state index in [1.165, 1.54) is 0 Å². The van der Waals surface area contributed by atoms with Gasteiger partial charge in [-0.25, -0.2) is 0 Å². The fourth-order valence-electron chi connectivity index (χ4n) is 5.48. The Hall–Kier alpha value is -6.06. The molecule has 10 aromatic rings. The van der Waals surface area contributed by atoms with Crippen molar-refractivity contribution in [2.45, 2.75) is 0 Å². The summed E-state index contributed by atoms with van der Waals surface area (Å²) in [4.78, 5) is 0. The third-order valence-corrected chi connectivity index (χ3v) is 7.37. The Balaban J connectivity index is 1.41. The predicted octanol–water partition coefficient (Wildman–Crippen LogP) is 11.4. The fourth-order valence-corrected chi connectivity index (χ4v) is 5.48. The lowest BCUT2D eigenvalue weighted by molar-refractivity contribution is 0.668. The van der Waals surface area contributed by atoms with Crippen LogP contribution in [-0.4, -0.2) is 9.13 Å². The van der Waals surface area contributed by atoms with Gasteiger partial charge in [0.2, 0.25) is 0 Å². The summed E-state index contributed by atoms with van der Waals surface area (Å²) in [6.45, 7) is 0. The molecule has 0 radical (unpaired) electrons. The van der Waals surface area contributed by atoms with Gasteiger partial charge in [-0.05, 0) is 77.6 Å². The lowest BCUT2D eigenvalue weighted by Gasteiger charge is -2.09. The van der Waals surface area contributed by atoms with E-state index >= 15 is 0 Å². The predicted molar refractivity (Wildman–Crippen MR) is 188 cm³/mol. The third-order valence-electron chi connectivity index (χ3n) is 7.37. The second-order valence-corrected chi connectivity index (χ2v) is 9.77. The van der Waals surface area contributed by atoms with Crippen LogP contribution in [0.4, 0.5) is 0 Å². The smallest absolute Gasteiger partial charge is 0.137 e. The molecule has 3 nitrogen and oxygen atoms in total. The van der Waals surface area contributed by atoms with Crippen molar-refractivity contribution in [1.82, 2.24) is 9.13 Å². The van der Waals surface area contributed by atoms with Gasteiger partial charge < -0.3 is 13.6 Å². The van der Waals surface area contributed by atoms with E-state index < -0.39 is 234 Å². The Morgan fingerprint density at radius 3 is 1.53 bits per heavy atom. The number of hydrogen-bond acceptors (Lipinski definition) is 1. The molecule has 0 amide bonds. The second-order valence-electron chi connectivity index (χ2n) is 9.77. The SMILES string of the molecule is [2H]c1c([2H])c([2H])c(-n2c3c([2H])c([2H])c([2H])c([2H])c3c3c([2H])c(-c4c([2H])c([2H])c5c(c4[2H])c4c([2H])c([2H])c([2H])c([2H])c4n5-c4c([2H])c([2H])c5c(oc6c([2H])c([2H])c([2H])c([2H])c65)c4[2H])c([2H])c([2H])c32)c([2H])c1[2H]. The molecule has 0 fully saturated rings. The van der Waals surface area contributed by atoms with E-state index in [-0.39, 0.29) is 10.8 Å². The zero-order valence-corrected chi connectivity index (χ0v) is 22.3. The molecular weight excluding hydrogens is 548 g/mol. The molecule has 0 aliphatic rings. The van der Waals surface area contributed by atoms with Crippen molar-refractivity contribution < 1.29 is 40.1 Å². The van der Waals surface area contributed by atoms with Crippen LogP contribution in [0.1, 0.15) is 35.6 Å². The maximum atomic E-state index is 9.78. The van der Waals surface area contributed by atoms with Gasteiger partial charge in [0.25, 0.3) is 0 Å². The molecule has 210 valence electrons. The van der Waals surface area contributed by atoms with Gasteiger partial charge in [0.15, 0.2) is 0 Å². The van der Waals surface area contributed by atoms with Gasteiger partial charge in [0.05, 0.1) is 57.7 Å². The summed E-state index contributed by atoms with van der Waals surface area (Å²) < 4.78 is 239. The van der Waals surface area contributed by atoms with Gasteiger partial charge in [-0.1, -0.05) is 84.6 Å². The van der Waals surface area contributed by atoms with E-state index in [4.69, 9.17) is 29.1 Å². The summed E-state index contributed by atoms with van der Waals surface area (Å²) in [6.07, 6.45) is 0. The highest BCUT2D eigenvalue weighted by Crippen LogP contribution is 2.39. The maximum Gasteiger partial charge on any atom is 0.137 e. The quantitative estimate of drug-likeness (QED) is 0.198.